The monoisotopic (exact) mass is 319 g/mol. The highest BCUT2D eigenvalue weighted by atomic mass is 32.2. The van der Waals surface area contributed by atoms with Gasteiger partial charge in [0.2, 0.25) is 0 Å². The lowest BCUT2D eigenvalue weighted by Gasteiger charge is -2.02. The Kier molecular flexibility index (Phi) is 3.78. The SMILES string of the molecule is c1ccc(-c2cc(CSc3ncnc4ccccc34)no2)cc1. The number of hydrogen-bond acceptors (Lipinski definition) is 5. The van der Waals surface area contributed by atoms with Crippen molar-refractivity contribution in [2.24, 2.45) is 0 Å². The molecule has 2 aromatic heterocycles. The third-order valence-electron chi connectivity index (χ3n) is 3.48. The van der Waals surface area contributed by atoms with E-state index in [-0.39, 0.29) is 0 Å². The van der Waals surface area contributed by atoms with Gasteiger partial charge in [0.25, 0.3) is 0 Å². The summed E-state index contributed by atoms with van der Waals surface area (Å²) in [5.41, 5.74) is 2.88. The molecule has 5 heteroatoms. The van der Waals surface area contributed by atoms with Crippen LogP contribution in [0, 0.1) is 0 Å². The topological polar surface area (TPSA) is 51.8 Å². The molecule has 2 heterocycles. The summed E-state index contributed by atoms with van der Waals surface area (Å²) in [6.45, 7) is 0. The van der Waals surface area contributed by atoms with Crippen LogP contribution in [-0.2, 0) is 5.75 Å². The Balaban J connectivity index is 1.54. The lowest BCUT2D eigenvalue weighted by molar-refractivity contribution is 0.426. The quantitative estimate of drug-likeness (QED) is 0.407. The first-order chi connectivity index (χ1) is 11.4. The molecule has 0 atom stereocenters. The van der Waals surface area contributed by atoms with Gasteiger partial charge < -0.3 is 4.52 Å². The van der Waals surface area contributed by atoms with Gasteiger partial charge in [0.15, 0.2) is 5.76 Å². The van der Waals surface area contributed by atoms with Crippen molar-refractivity contribution in [3.8, 4) is 11.3 Å². The molecule has 0 aliphatic rings. The molecule has 0 amide bonds. The van der Waals surface area contributed by atoms with E-state index in [0.717, 1.165) is 32.9 Å². The van der Waals surface area contributed by atoms with E-state index in [9.17, 15) is 0 Å². The molecule has 0 N–H and O–H groups in total. The Morgan fingerprint density at radius 3 is 2.65 bits per heavy atom. The highest BCUT2D eigenvalue weighted by Crippen LogP contribution is 2.28. The van der Waals surface area contributed by atoms with Crippen LogP contribution >= 0.6 is 11.8 Å². The van der Waals surface area contributed by atoms with Crippen molar-refractivity contribution in [1.82, 2.24) is 15.1 Å². The summed E-state index contributed by atoms with van der Waals surface area (Å²) in [6.07, 6.45) is 1.60. The summed E-state index contributed by atoms with van der Waals surface area (Å²) in [6, 6.07) is 20.0. The minimum absolute atomic E-state index is 0.706. The van der Waals surface area contributed by atoms with Crippen molar-refractivity contribution in [2.75, 3.05) is 0 Å². The van der Waals surface area contributed by atoms with Gasteiger partial charge in [0.05, 0.1) is 11.2 Å². The molecule has 0 spiro atoms. The normalized spacial score (nSPS) is 11.0. The summed E-state index contributed by atoms with van der Waals surface area (Å²) in [5.74, 6) is 1.49. The summed E-state index contributed by atoms with van der Waals surface area (Å²) in [4.78, 5) is 8.66. The number of aromatic nitrogens is 3. The predicted molar refractivity (Wildman–Crippen MR) is 91.0 cm³/mol. The van der Waals surface area contributed by atoms with Gasteiger partial charge in [-0.05, 0) is 6.07 Å². The maximum absolute atomic E-state index is 5.43. The minimum Gasteiger partial charge on any atom is -0.356 e. The number of para-hydroxylation sites is 1. The van der Waals surface area contributed by atoms with E-state index >= 15 is 0 Å². The second-order valence-corrected chi connectivity index (χ2v) is 6.00. The number of nitrogens with zero attached hydrogens (tertiary/aromatic N) is 3. The number of rotatable bonds is 4. The first-order valence-electron chi connectivity index (χ1n) is 7.24. The van der Waals surface area contributed by atoms with E-state index in [1.807, 2.05) is 60.7 Å². The van der Waals surface area contributed by atoms with Crippen molar-refractivity contribution >= 4 is 22.7 Å². The van der Waals surface area contributed by atoms with Crippen molar-refractivity contribution < 1.29 is 4.52 Å². The van der Waals surface area contributed by atoms with Gasteiger partial charge in [-0.15, -0.1) is 0 Å². The molecule has 0 aliphatic heterocycles. The number of hydrogen-bond donors (Lipinski definition) is 0. The first kappa shape index (κ1) is 14.0. The van der Waals surface area contributed by atoms with E-state index in [1.54, 1.807) is 18.1 Å². The van der Waals surface area contributed by atoms with Crippen molar-refractivity contribution in [2.45, 2.75) is 10.8 Å². The molecular weight excluding hydrogens is 306 g/mol. The smallest absolute Gasteiger partial charge is 0.167 e. The zero-order chi connectivity index (χ0) is 15.5. The molecule has 0 saturated heterocycles. The number of benzene rings is 2. The van der Waals surface area contributed by atoms with Crippen LogP contribution in [-0.4, -0.2) is 15.1 Å². The molecule has 0 radical (unpaired) electrons. The summed E-state index contributed by atoms with van der Waals surface area (Å²) in [7, 11) is 0. The molecule has 2 aromatic carbocycles. The average molecular weight is 319 g/mol. The second-order valence-electron chi connectivity index (χ2n) is 5.03. The molecule has 0 fully saturated rings. The summed E-state index contributed by atoms with van der Waals surface area (Å²) >= 11 is 1.64. The van der Waals surface area contributed by atoms with E-state index < -0.39 is 0 Å². The van der Waals surface area contributed by atoms with Crippen LogP contribution < -0.4 is 0 Å². The largest absolute Gasteiger partial charge is 0.356 e. The molecule has 0 aliphatic carbocycles. The van der Waals surface area contributed by atoms with E-state index in [0.29, 0.717) is 5.75 Å². The zero-order valence-electron chi connectivity index (χ0n) is 12.2. The van der Waals surface area contributed by atoms with Gasteiger partial charge in [0, 0.05) is 22.8 Å². The van der Waals surface area contributed by atoms with Crippen molar-refractivity contribution in [3.63, 3.8) is 0 Å². The number of thioether (sulfide) groups is 1. The molecule has 4 nitrogen and oxygen atoms in total. The van der Waals surface area contributed by atoms with Crippen LogP contribution in [0.5, 0.6) is 0 Å². The Morgan fingerprint density at radius 1 is 0.913 bits per heavy atom. The Labute approximate surface area is 137 Å². The molecule has 0 saturated carbocycles. The van der Waals surface area contributed by atoms with Crippen molar-refractivity contribution in [1.29, 1.82) is 0 Å². The maximum atomic E-state index is 5.43. The molecule has 0 bridgehead atoms. The van der Waals surface area contributed by atoms with Crippen LogP contribution in [0.3, 0.4) is 0 Å². The van der Waals surface area contributed by atoms with Crippen LogP contribution in [0.1, 0.15) is 5.69 Å². The standard InChI is InChI=1S/C18H13N3OS/c1-2-6-13(7-3-1)17-10-14(21-22-17)11-23-18-15-8-4-5-9-16(15)19-12-20-18/h1-10,12H,11H2. The zero-order valence-corrected chi connectivity index (χ0v) is 13.0. The van der Waals surface area contributed by atoms with Crippen LogP contribution in [0.4, 0.5) is 0 Å². The van der Waals surface area contributed by atoms with Crippen LogP contribution in [0.15, 0.2) is 76.5 Å². The molecule has 4 aromatic rings. The third-order valence-corrected chi connectivity index (χ3v) is 4.52. The maximum Gasteiger partial charge on any atom is 0.167 e. The van der Waals surface area contributed by atoms with E-state index in [2.05, 4.69) is 15.1 Å². The van der Waals surface area contributed by atoms with Gasteiger partial charge in [-0.2, -0.15) is 0 Å². The van der Waals surface area contributed by atoms with Gasteiger partial charge >= 0.3 is 0 Å². The fraction of sp³-hybridized carbons (Fsp3) is 0.0556. The van der Waals surface area contributed by atoms with Gasteiger partial charge in [-0.3, -0.25) is 0 Å². The highest BCUT2D eigenvalue weighted by Gasteiger charge is 2.09. The highest BCUT2D eigenvalue weighted by molar-refractivity contribution is 7.98. The first-order valence-corrected chi connectivity index (χ1v) is 8.22. The summed E-state index contributed by atoms with van der Waals surface area (Å²) in [5, 5.41) is 6.17. The molecule has 23 heavy (non-hydrogen) atoms. The second kappa shape index (κ2) is 6.22. The molecule has 112 valence electrons. The molecule has 4 rings (SSSR count). The summed E-state index contributed by atoms with van der Waals surface area (Å²) < 4.78 is 5.43. The van der Waals surface area contributed by atoms with Crippen LogP contribution in [0.25, 0.3) is 22.2 Å². The predicted octanol–water partition coefficient (Wildman–Crippen LogP) is 4.58. The Hall–Kier alpha value is -2.66. The van der Waals surface area contributed by atoms with Gasteiger partial charge in [0.1, 0.15) is 11.4 Å². The average Bonchev–Trinajstić information content (AvgIpc) is 3.10. The van der Waals surface area contributed by atoms with Crippen LogP contribution in [0.2, 0.25) is 0 Å². The lowest BCUT2D eigenvalue weighted by Crippen LogP contribution is -1.87. The third kappa shape index (κ3) is 2.96. The lowest BCUT2D eigenvalue weighted by atomic mass is 10.2. The molecule has 0 unspecified atom stereocenters. The van der Waals surface area contributed by atoms with Crippen molar-refractivity contribution in [3.05, 3.63) is 72.7 Å². The fourth-order valence-electron chi connectivity index (χ4n) is 2.36. The van der Waals surface area contributed by atoms with E-state index in [4.69, 9.17) is 4.52 Å². The minimum atomic E-state index is 0.706. The van der Waals surface area contributed by atoms with E-state index in [1.165, 1.54) is 0 Å². The van der Waals surface area contributed by atoms with Gasteiger partial charge in [-0.1, -0.05) is 65.4 Å². The Morgan fingerprint density at radius 2 is 1.74 bits per heavy atom. The van der Waals surface area contributed by atoms with Gasteiger partial charge in [-0.25, -0.2) is 9.97 Å². The molecular formula is C18H13N3OS. The Bertz CT molecular complexity index is 932. The number of fused-ring (bicyclic) bond motifs is 1. The fourth-order valence-corrected chi connectivity index (χ4v) is 3.23.